The number of nitrogens with zero attached hydrogens (tertiary/aromatic N) is 1. The van der Waals surface area contributed by atoms with Gasteiger partial charge in [-0.25, -0.2) is 0 Å². The summed E-state index contributed by atoms with van der Waals surface area (Å²) in [6.07, 6.45) is 2.56. The first-order valence-electron chi connectivity index (χ1n) is 3.62. The van der Waals surface area contributed by atoms with Gasteiger partial charge in [-0.3, -0.25) is 4.90 Å². The number of rotatable bonds is 5. The molecule has 0 aliphatic rings. The summed E-state index contributed by atoms with van der Waals surface area (Å²) in [5, 5.41) is 3.31. The maximum absolute atomic E-state index is 3.31. The highest BCUT2D eigenvalue weighted by atomic mass is 15.2. The topological polar surface area (TPSA) is 15.3 Å². The Bertz CT molecular complexity index is 52.9. The maximum Gasteiger partial charge on any atom is 0.0474 e. The molecule has 0 fully saturated rings. The first-order chi connectivity index (χ1) is 4.27. The van der Waals surface area contributed by atoms with E-state index in [0.717, 1.165) is 13.2 Å². The molecule has 0 heterocycles. The fraction of sp³-hybridized carbons (Fsp3) is 1.00. The van der Waals surface area contributed by atoms with Crippen LogP contribution in [0.5, 0.6) is 0 Å². The molecule has 0 unspecified atom stereocenters. The van der Waals surface area contributed by atoms with Crippen molar-refractivity contribution in [2.24, 2.45) is 0 Å². The van der Waals surface area contributed by atoms with Crippen LogP contribution >= 0.6 is 0 Å². The Balaban J connectivity index is 2.75. The summed E-state index contributed by atoms with van der Waals surface area (Å²) in [5.41, 5.74) is 0. The molecule has 0 radical (unpaired) electrons. The molecule has 0 aliphatic heterocycles. The SMILES string of the molecule is CCCCNCN(C)C. The average molecular weight is 130 g/mol. The van der Waals surface area contributed by atoms with E-state index in [9.17, 15) is 0 Å². The third-order valence-electron chi connectivity index (χ3n) is 1.14. The van der Waals surface area contributed by atoms with Gasteiger partial charge in [-0.05, 0) is 27.1 Å². The molecule has 0 bridgehead atoms. The molecule has 0 saturated carbocycles. The fourth-order valence-electron chi connectivity index (χ4n) is 0.604. The van der Waals surface area contributed by atoms with Crippen molar-refractivity contribution in [1.29, 1.82) is 0 Å². The molecule has 0 aromatic carbocycles. The third kappa shape index (κ3) is 7.92. The van der Waals surface area contributed by atoms with Gasteiger partial charge in [0.1, 0.15) is 0 Å². The molecule has 9 heavy (non-hydrogen) atoms. The Kier molecular flexibility index (Phi) is 5.99. The van der Waals surface area contributed by atoms with Crippen molar-refractivity contribution in [1.82, 2.24) is 10.2 Å². The van der Waals surface area contributed by atoms with Crippen molar-refractivity contribution < 1.29 is 0 Å². The van der Waals surface area contributed by atoms with Crippen molar-refractivity contribution in [3.8, 4) is 0 Å². The molecule has 0 aromatic rings. The van der Waals surface area contributed by atoms with Gasteiger partial charge in [-0.1, -0.05) is 13.3 Å². The quantitative estimate of drug-likeness (QED) is 0.439. The fourth-order valence-corrected chi connectivity index (χ4v) is 0.604. The van der Waals surface area contributed by atoms with Crippen molar-refractivity contribution in [3.63, 3.8) is 0 Å². The lowest BCUT2D eigenvalue weighted by Gasteiger charge is -2.09. The summed E-state index contributed by atoms with van der Waals surface area (Å²) in [6, 6.07) is 0. The molecular formula is C7H18N2. The smallest absolute Gasteiger partial charge is 0.0474 e. The van der Waals surface area contributed by atoms with E-state index in [1.807, 2.05) is 0 Å². The van der Waals surface area contributed by atoms with E-state index >= 15 is 0 Å². The van der Waals surface area contributed by atoms with Crippen molar-refractivity contribution in [2.45, 2.75) is 19.8 Å². The van der Waals surface area contributed by atoms with Crippen LogP contribution < -0.4 is 5.32 Å². The Labute approximate surface area is 58.2 Å². The Morgan fingerprint density at radius 3 is 2.44 bits per heavy atom. The van der Waals surface area contributed by atoms with Gasteiger partial charge in [0.15, 0.2) is 0 Å². The van der Waals surface area contributed by atoms with Gasteiger partial charge in [-0.2, -0.15) is 0 Å². The van der Waals surface area contributed by atoms with E-state index in [2.05, 4.69) is 31.2 Å². The highest BCUT2D eigenvalue weighted by Gasteiger charge is 1.85. The first kappa shape index (κ1) is 8.92. The monoisotopic (exact) mass is 130 g/mol. The zero-order chi connectivity index (χ0) is 7.11. The normalized spacial score (nSPS) is 10.7. The van der Waals surface area contributed by atoms with Crippen LogP contribution in [0.25, 0.3) is 0 Å². The lowest BCUT2D eigenvalue weighted by Crippen LogP contribution is -2.28. The number of hydrogen-bond donors (Lipinski definition) is 1. The summed E-state index contributed by atoms with van der Waals surface area (Å²) in [5.74, 6) is 0. The van der Waals surface area contributed by atoms with Gasteiger partial charge in [0.2, 0.25) is 0 Å². The summed E-state index contributed by atoms with van der Waals surface area (Å²) in [6.45, 7) is 4.35. The molecule has 0 rings (SSSR count). The second-order valence-electron chi connectivity index (χ2n) is 2.59. The number of hydrogen-bond acceptors (Lipinski definition) is 2. The van der Waals surface area contributed by atoms with Crippen molar-refractivity contribution in [3.05, 3.63) is 0 Å². The van der Waals surface area contributed by atoms with Crippen LogP contribution in [0.15, 0.2) is 0 Å². The minimum Gasteiger partial charge on any atom is -0.304 e. The molecule has 0 aliphatic carbocycles. The van der Waals surface area contributed by atoms with E-state index in [4.69, 9.17) is 0 Å². The molecule has 0 spiro atoms. The summed E-state index contributed by atoms with van der Waals surface area (Å²) in [4.78, 5) is 2.13. The zero-order valence-corrected chi connectivity index (χ0v) is 6.78. The van der Waals surface area contributed by atoms with E-state index in [-0.39, 0.29) is 0 Å². The molecule has 0 aromatic heterocycles. The van der Waals surface area contributed by atoms with Crippen LogP contribution in [0.4, 0.5) is 0 Å². The van der Waals surface area contributed by atoms with Crippen LogP contribution in [0.3, 0.4) is 0 Å². The van der Waals surface area contributed by atoms with Gasteiger partial charge < -0.3 is 5.32 Å². The lowest BCUT2D eigenvalue weighted by atomic mass is 10.3. The van der Waals surface area contributed by atoms with Crippen LogP contribution in [-0.4, -0.2) is 32.2 Å². The largest absolute Gasteiger partial charge is 0.304 e. The Hall–Kier alpha value is -0.0800. The first-order valence-corrected chi connectivity index (χ1v) is 3.62. The number of unbranched alkanes of at least 4 members (excludes halogenated alkanes) is 1. The molecule has 2 heteroatoms. The Morgan fingerprint density at radius 2 is 2.00 bits per heavy atom. The van der Waals surface area contributed by atoms with E-state index in [0.29, 0.717) is 0 Å². The second-order valence-corrected chi connectivity index (χ2v) is 2.59. The zero-order valence-electron chi connectivity index (χ0n) is 6.78. The molecule has 0 atom stereocenters. The van der Waals surface area contributed by atoms with Gasteiger partial charge in [0.05, 0.1) is 0 Å². The number of nitrogens with one attached hydrogen (secondary N) is 1. The summed E-state index contributed by atoms with van der Waals surface area (Å²) < 4.78 is 0. The maximum atomic E-state index is 3.31. The average Bonchev–Trinajstić information content (AvgIpc) is 1.80. The molecule has 2 nitrogen and oxygen atoms in total. The van der Waals surface area contributed by atoms with Crippen LogP contribution in [0.2, 0.25) is 0 Å². The van der Waals surface area contributed by atoms with Crippen molar-refractivity contribution >= 4 is 0 Å². The Morgan fingerprint density at radius 1 is 1.33 bits per heavy atom. The van der Waals surface area contributed by atoms with Crippen molar-refractivity contribution in [2.75, 3.05) is 27.3 Å². The lowest BCUT2D eigenvalue weighted by molar-refractivity contribution is 0.367. The molecule has 1 N–H and O–H groups in total. The van der Waals surface area contributed by atoms with Gasteiger partial charge in [0, 0.05) is 6.67 Å². The van der Waals surface area contributed by atoms with Gasteiger partial charge in [0.25, 0.3) is 0 Å². The molecule has 0 saturated heterocycles. The molecule has 56 valence electrons. The minimum absolute atomic E-state index is 1.00. The summed E-state index contributed by atoms with van der Waals surface area (Å²) in [7, 11) is 4.14. The highest BCUT2D eigenvalue weighted by molar-refractivity contribution is 4.43. The predicted octanol–water partition coefficient (Wildman–Crippen LogP) is 0.895. The third-order valence-corrected chi connectivity index (χ3v) is 1.14. The van der Waals surface area contributed by atoms with E-state index < -0.39 is 0 Å². The standard InChI is InChI=1S/C7H18N2/c1-4-5-6-8-7-9(2)3/h8H,4-7H2,1-3H3. The van der Waals surface area contributed by atoms with Gasteiger partial charge in [-0.15, -0.1) is 0 Å². The van der Waals surface area contributed by atoms with Crippen LogP contribution in [0, 0.1) is 0 Å². The summed E-state index contributed by atoms with van der Waals surface area (Å²) >= 11 is 0. The van der Waals surface area contributed by atoms with E-state index in [1.165, 1.54) is 12.8 Å². The van der Waals surface area contributed by atoms with E-state index in [1.54, 1.807) is 0 Å². The molecule has 0 amide bonds. The molecular weight excluding hydrogens is 112 g/mol. The van der Waals surface area contributed by atoms with Gasteiger partial charge >= 0.3 is 0 Å². The second kappa shape index (κ2) is 6.05. The minimum atomic E-state index is 1.00. The van der Waals surface area contributed by atoms with Crippen LogP contribution in [0.1, 0.15) is 19.8 Å². The highest BCUT2D eigenvalue weighted by Crippen LogP contribution is 1.81. The predicted molar refractivity (Wildman–Crippen MR) is 41.5 cm³/mol. The van der Waals surface area contributed by atoms with Crippen LogP contribution in [-0.2, 0) is 0 Å².